The van der Waals surface area contributed by atoms with Gasteiger partial charge in [-0.1, -0.05) is 73.5 Å². The lowest BCUT2D eigenvalue weighted by molar-refractivity contribution is -0.167. The number of rotatable bonds is 10. The lowest BCUT2D eigenvalue weighted by Crippen LogP contribution is -2.51. The summed E-state index contributed by atoms with van der Waals surface area (Å²) in [5.41, 5.74) is 3.66. The minimum Gasteiger partial charge on any atom is -0.485 e. The van der Waals surface area contributed by atoms with Gasteiger partial charge >= 0.3 is 0 Å². The molecule has 180 valence electrons. The van der Waals surface area contributed by atoms with Crippen LogP contribution >= 0.6 is 11.6 Å². The van der Waals surface area contributed by atoms with Crippen LogP contribution in [0.15, 0.2) is 72.8 Å². The van der Waals surface area contributed by atoms with Gasteiger partial charge in [0.05, 0.1) is 6.61 Å². The van der Waals surface area contributed by atoms with Crippen LogP contribution in [0.1, 0.15) is 56.4 Å². The van der Waals surface area contributed by atoms with E-state index in [-0.39, 0.29) is 12.2 Å². The van der Waals surface area contributed by atoms with Crippen molar-refractivity contribution in [2.45, 2.75) is 64.6 Å². The predicted octanol–water partition coefficient (Wildman–Crippen LogP) is 7.57. The summed E-state index contributed by atoms with van der Waals surface area (Å²) in [4.78, 5) is 0. The molecule has 0 radical (unpaired) electrons. The van der Waals surface area contributed by atoms with E-state index in [4.69, 9.17) is 25.8 Å². The average Bonchev–Trinajstić information content (AvgIpc) is 2.83. The fourth-order valence-electron chi connectivity index (χ4n) is 4.26. The molecule has 4 rings (SSSR count). The highest BCUT2D eigenvalue weighted by molar-refractivity contribution is 6.31. The molecule has 1 N–H and O–H groups in total. The second kappa shape index (κ2) is 11.3. The van der Waals surface area contributed by atoms with Crippen LogP contribution in [-0.2, 0) is 22.6 Å². The molecule has 0 aromatic heterocycles. The number of hydrogen-bond acceptors (Lipinski definition) is 4. The second-order valence-corrected chi connectivity index (χ2v) is 9.67. The van der Waals surface area contributed by atoms with Crippen molar-refractivity contribution in [3.63, 3.8) is 0 Å². The summed E-state index contributed by atoms with van der Waals surface area (Å²) in [6, 6.07) is 24.4. The third-order valence-corrected chi connectivity index (χ3v) is 6.53. The fraction of sp³-hybridized carbons (Fsp3) is 0.379. The van der Waals surface area contributed by atoms with Gasteiger partial charge in [-0.05, 0) is 55.7 Å². The Morgan fingerprint density at radius 3 is 2.50 bits per heavy atom. The topological polar surface area (TPSA) is 39.7 Å². The Morgan fingerprint density at radius 1 is 0.971 bits per heavy atom. The molecule has 0 aliphatic carbocycles. The van der Waals surface area contributed by atoms with E-state index in [2.05, 4.69) is 62.5 Å². The van der Waals surface area contributed by atoms with E-state index in [1.54, 1.807) is 0 Å². The zero-order chi connectivity index (χ0) is 24.0. The summed E-state index contributed by atoms with van der Waals surface area (Å²) >= 11 is 6.39. The van der Waals surface area contributed by atoms with E-state index < -0.39 is 5.60 Å². The molecule has 0 spiro atoms. The van der Waals surface area contributed by atoms with Crippen molar-refractivity contribution in [3.05, 3.63) is 94.5 Å². The van der Waals surface area contributed by atoms with Crippen LogP contribution in [0.3, 0.4) is 0 Å². The van der Waals surface area contributed by atoms with E-state index in [0.717, 1.165) is 42.0 Å². The molecule has 0 bridgehead atoms. The standard InChI is InChI=1S/C29H34ClNO3/c1-4-5-17-32-27-24-18-23(31-19-21-11-7-6-8-12-21)15-16-26(24)34-29(2,3)28(27)33-20-22-13-9-10-14-25(22)30/h6-16,18,27-28,31H,4-5,17,19-20H2,1-3H3. The van der Waals surface area contributed by atoms with Gasteiger partial charge in [-0.3, -0.25) is 0 Å². The maximum Gasteiger partial charge on any atom is 0.132 e. The van der Waals surface area contributed by atoms with Gasteiger partial charge in [0.25, 0.3) is 0 Å². The van der Waals surface area contributed by atoms with Gasteiger partial charge in [0.15, 0.2) is 0 Å². The molecule has 0 fully saturated rings. The smallest absolute Gasteiger partial charge is 0.132 e. The van der Waals surface area contributed by atoms with E-state index in [9.17, 15) is 0 Å². The lowest BCUT2D eigenvalue weighted by atomic mass is 9.87. The van der Waals surface area contributed by atoms with Crippen LogP contribution < -0.4 is 10.1 Å². The van der Waals surface area contributed by atoms with Crippen molar-refractivity contribution >= 4 is 17.3 Å². The summed E-state index contributed by atoms with van der Waals surface area (Å²) in [6.45, 7) is 8.11. The first-order valence-corrected chi connectivity index (χ1v) is 12.4. The van der Waals surface area contributed by atoms with Gasteiger partial charge in [0.2, 0.25) is 0 Å². The van der Waals surface area contributed by atoms with Crippen LogP contribution in [0.25, 0.3) is 0 Å². The molecule has 0 amide bonds. The van der Waals surface area contributed by atoms with Gasteiger partial charge in [0, 0.05) is 29.4 Å². The van der Waals surface area contributed by atoms with Crippen LogP contribution in [0.5, 0.6) is 5.75 Å². The summed E-state index contributed by atoms with van der Waals surface area (Å²) < 4.78 is 19.4. The van der Waals surface area contributed by atoms with Crippen LogP contribution in [0.4, 0.5) is 5.69 Å². The predicted molar refractivity (Wildman–Crippen MR) is 139 cm³/mol. The van der Waals surface area contributed by atoms with E-state index >= 15 is 0 Å². The highest BCUT2D eigenvalue weighted by Crippen LogP contribution is 2.44. The summed E-state index contributed by atoms with van der Waals surface area (Å²) in [6.07, 6.45) is 1.53. The van der Waals surface area contributed by atoms with Crippen molar-refractivity contribution in [1.82, 2.24) is 0 Å². The molecular formula is C29H34ClNO3. The average molecular weight is 480 g/mol. The van der Waals surface area contributed by atoms with Crippen molar-refractivity contribution in [2.75, 3.05) is 11.9 Å². The van der Waals surface area contributed by atoms with Crippen LogP contribution in [0, 0.1) is 0 Å². The minimum absolute atomic E-state index is 0.244. The first-order chi connectivity index (χ1) is 16.5. The Kier molecular flexibility index (Phi) is 8.15. The number of ether oxygens (including phenoxy) is 3. The molecule has 1 aliphatic heterocycles. The quantitative estimate of drug-likeness (QED) is 0.304. The molecule has 2 atom stereocenters. The SMILES string of the molecule is CCCCOC1c2cc(NCc3ccccc3)ccc2OC(C)(C)C1OCc1ccccc1Cl. The van der Waals surface area contributed by atoms with Crippen molar-refractivity contribution in [1.29, 1.82) is 0 Å². The van der Waals surface area contributed by atoms with Crippen molar-refractivity contribution in [3.8, 4) is 5.75 Å². The van der Waals surface area contributed by atoms with Gasteiger partial charge in [-0.2, -0.15) is 0 Å². The van der Waals surface area contributed by atoms with Crippen LogP contribution in [0.2, 0.25) is 5.02 Å². The highest BCUT2D eigenvalue weighted by atomic mass is 35.5. The van der Waals surface area contributed by atoms with E-state index in [1.807, 2.05) is 36.4 Å². The van der Waals surface area contributed by atoms with Crippen LogP contribution in [-0.4, -0.2) is 18.3 Å². The van der Waals surface area contributed by atoms with E-state index in [1.165, 1.54) is 5.56 Å². The number of anilines is 1. The normalized spacial score (nSPS) is 18.7. The summed E-state index contributed by atoms with van der Waals surface area (Å²) in [5, 5.41) is 4.23. The van der Waals surface area contributed by atoms with Gasteiger partial charge < -0.3 is 19.5 Å². The molecule has 2 unspecified atom stereocenters. The summed E-state index contributed by atoms with van der Waals surface area (Å²) in [5.74, 6) is 0.842. The Balaban J connectivity index is 1.58. The lowest BCUT2D eigenvalue weighted by Gasteiger charge is -2.44. The Labute approximate surface area is 208 Å². The molecule has 34 heavy (non-hydrogen) atoms. The first kappa shape index (κ1) is 24.6. The van der Waals surface area contributed by atoms with E-state index in [0.29, 0.717) is 18.2 Å². The number of hydrogen-bond donors (Lipinski definition) is 1. The molecule has 1 aliphatic rings. The third-order valence-electron chi connectivity index (χ3n) is 6.16. The van der Waals surface area contributed by atoms with Crippen molar-refractivity contribution < 1.29 is 14.2 Å². The Hall–Kier alpha value is -2.53. The monoisotopic (exact) mass is 479 g/mol. The maximum atomic E-state index is 6.48. The van der Waals surface area contributed by atoms with Gasteiger partial charge in [-0.25, -0.2) is 0 Å². The molecule has 3 aromatic rings. The Bertz CT molecular complexity index is 1070. The second-order valence-electron chi connectivity index (χ2n) is 9.27. The number of benzene rings is 3. The van der Waals surface area contributed by atoms with Gasteiger partial charge in [-0.15, -0.1) is 0 Å². The molecular weight excluding hydrogens is 446 g/mol. The maximum absolute atomic E-state index is 6.48. The zero-order valence-electron chi connectivity index (χ0n) is 20.2. The van der Waals surface area contributed by atoms with Crippen molar-refractivity contribution in [2.24, 2.45) is 0 Å². The minimum atomic E-state index is -0.565. The fourth-order valence-corrected chi connectivity index (χ4v) is 4.45. The number of nitrogens with one attached hydrogen (secondary N) is 1. The third kappa shape index (κ3) is 5.93. The molecule has 1 heterocycles. The summed E-state index contributed by atoms with van der Waals surface area (Å²) in [7, 11) is 0. The molecule has 0 saturated heterocycles. The molecule has 0 saturated carbocycles. The Morgan fingerprint density at radius 2 is 1.74 bits per heavy atom. The molecule has 4 nitrogen and oxygen atoms in total. The molecule has 5 heteroatoms. The number of halogens is 1. The largest absolute Gasteiger partial charge is 0.485 e. The number of fused-ring (bicyclic) bond motifs is 1. The highest BCUT2D eigenvalue weighted by Gasteiger charge is 2.45. The van der Waals surface area contributed by atoms with Gasteiger partial charge in [0.1, 0.15) is 23.6 Å². The number of unbranched alkanes of at least 4 members (excludes halogenated alkanes) is 1. The first-order valence-electron chi connectivity index (χ1n) is 12.1. The zero-order valence-corrected chi connectivity index (χ0v) is 21.0. The molecule has 3 aromatic carbocycles.